The highest BCUT2D eigenvalue weighted by atomic mass is 32.2. The van der Waals surface area contributed by atoms with Gasteiger partial charge in [-0.3, -0.25) is 9.36 Å². The molecule has 2 aliphatic rings. The van der Waals surface area contributed by atoms with Crippen molar-refractivity contribution >= 4 is 29.6 Å². The standard InChI is InChI=1S/C41H56N3O13PS/c1-6-35(39(46)52-7-2)43-58(48,57-32-11-9-8-10-12-32)27-55-31-15-13-29(14-16-31)23-36(42-41(47)56-38-26-54-40-34(38)21-22-53-40)37(45)25-44(24-28(3)4)59(49,50)33-19-17-30(51-5)18-20-33/h8-20,28,34-38,40,45H,6-7,21-27H2,1-5H3,(H,42,47)(H,43,48)/t34-,35-,36-,37+,38-,40+,58?/m0/s1. The molecule has 1 unspecified atom stereocenters. The zero-order valence-electron chi connectivity index (χ0n) is 34.1. The van der Waals surface area contributed by atoms with Crippen LogP contribution in [-0.2, 0) is 44.8 Å². The third kappa shape index (κ3) is 12.9. The molecule has 18 heteroatoms. The molecule has 2 heterocycles. The van der Waals surface area contributed by atoms with Gasteiger partial charge in [0.25, 0.3) is 0 Å². The van der Waals surface area contributed by atoms with Crippen LogP contribution in [0, 0.1) is 11.8 Å². The molecule has 0 radical (unpaired) electrons. The van der Waals surface area contributed by atoms with Crippen molar-refractivity contribution in [2.45, 2.75) is 82.4 Å². The Morgan fingerprint density at radius 2 is 1.64 bits per heavy atom. The predicted molar refractivity (Wildman–Crippen MR) is 218 cm³/mol. The van der Waals surface area contributed by atoms with E-state index in [0.29, 0.717) is 35.8 Å². The summed E-state index contributed by atoms with van der Waals surface area (Å²) >= 11 is 0. The second-order valence-electron chi connectivity index (χ2n) is 14.7. The molecule has 2 aliphatic heterocycles. The molecular formula is C41H56N3O13PS. The third-order valence-corrected chi connectivity index (χ3v) is 13.3. The molecule has 0 spiro atoms. The van der Waals surface area contributed by atoms with E-state index in [1.54, 1.807) is 80.6 Å². The summed E-state index contributed by atoms with van der Waals surface area (Å²) in [6, 6.07) is 19.3. The van der Waals surface area contributed by atoms with E-state index < -0.39 is 66.5 Å². The summed E-state index contributed by atoms with van der Waals surface area (Å²) < 4.78 is 82.3. The number of ether oxygens (including phenoxy) is 6. The second kappa shape index (κ2) is 21.3. The van der Waals surface area contributed by atoms with E-state index in [9.17, 15) is 27.7 Å². The lowest BCUT2D eigenvalue weighted by molar-refractivity contribution is -0.145. The van der Waals surface area contributed by atoms with Crippen LogP contribution in [0.2, 0.25) is 0 Å². The molecule has 5 rings (SSSR count). The fraction of sp³-hybridized carbons (Fsp3) is 0.512. The van der Waals surface area contributed by atoms with Crippen LogP contribution in [0.3, 0.4) is 0 Å². The van der Waals surface area contributed by atoms with E-state index >= 15 is 0 Å². The summed E-state index contributed by atoms with van der Waals surface area (Å²) in [7, 11) is -6.44. The first-order valence-corrected chi connectivity index (χ1v) is 23.0. The molecule has 0 aromatic heterocycles. The predicted octanol–water partition coefficient (Wildman–Crippen LogP) is 5.34. The Hall–Kier alpha value is -4.22. The Morgan fingerprint density at radius 3 is 2.29 bits per heavy atom. The first kappa shape index (κ1) is 45.9. The van der Waals surface area contributed by atoms with Crippen molar-refractivity contribution in [3.8, 4) is 17.2 Å². The summed E-state index contributed by atoms with van der Waals surface area (Å²) in [4.78, 5) is 26.0. The number of alkyl carbamates (subject to hydrolysis) is 1. The van der Waals surface area contributed by atoms with Crippen molar-refractivity contribution in [3.63, 3.8) is 0 Å². The Kier molecular flexibility index (Phi) is 16.6. The van der Waals surface area contributed by atoms with E-state index in [2.05, 4.69) is 10.4 Å². The highest BCUT2D eigenvalue weighted by Crippen LogP contribution is 2.44. The van der Waals surface area contributed by atoms with Gasteiger partial charge in [-0.25, -0.2) is 18.3 Å². The topological polar surface area (TPSA) is 197 Å². The zero-order chi connectivity index (χ0) is 42.6. The lowest BCUT2D eigenvalue weighted by atomic mass is 10.0. The summed E-state index contributed by atoms with van der Waals surface area (Å²) in [5.74, 6) is 0.359. The lowest BCUT2D eigenvalue weighted by Gasteiger charge is -2.31. The van der Waals surface area contributed by atoms with E-state index in [0.717, 1.165) is 0 Å². The van der Waals surface area contributed by atoms with Crippen molar-refractivity contribution < 1.29 is 60.6 Å². The Morgan fingerprint density at radius 1 is 0.949 bits per heavy atom. The minimum atomic E-state index is -4.08. The van der Waals surface area contributed by atoms with Crippen molar-refractivity contribution in [2.24, 2.45) is 11.8 Å². The first-order valence-electron chi connectivity index (χ1n) is 19.8. The largest absolute Gasteiger partial charge is 0.497 e. The van der Waals surface area contributed by atoms with E-state index in [4.69, 9.17) is 32.9 Å². The number of para-hydroxylation sites is 1. The van der Waals surface area contributed by atoms with Crippen LogP contribution in [0.4, 0.5) is 4.79 Å². The maximum atomic E-state index is 14.1. The number of methoxy groups -OCH3 is 1. The van der Waals surface area contributed by atoms with Gasteiger partial charge in [0.05, 0.1) is 49.9 Å². The molecule has 0 saturated carbocycles. The van der Waals surface area contributed by atoms with Crippen LogP contribution in [0.1, 0.15) is 46.1 Å². The minimum absolute atomic E-state index is 0.0280. The number of esters is 1. The summed E-state index contributed by atoms with van der Waals surface area (Å²) in [5.41, 5.74) is 0.652. The number of nitrogens with one attached hydrogen (secondary N) is 2. The molecule has 324 valence electrons. The maximum Gasteiger partial charge on any atom is 0.407 e. The number of hydrogen-bond acceptors (Lipinski definition) is 13. The smallest absolute Gasteiger partial charge is 0.407 e. The molecule has 3 N–H and O–H groups in total. The molecule has 3 aromatic rings. The van der Waals surface area contributed by atoms with Crippen molar-refractivity contribution in [1.82, 2.24) is 14.7 Å². The quantitative estimate of drug-likeness (QED) is 0.0865. The third-order valence-electron chi connectivity index (χ3n) is 9.78. The van der Waals surface area contributed by atoms with Gasteiger partial charge in [-0.1, -0.05) is 51.1 Å². The van der Waals surface area contributed by atoms with E-state index in [1.807, 2.05) is 13.8 Å². The minimum Gasteiger partial charge on any atom is -0.497 e. The number of aliphatic hydroxyl groups is 1. The number of aliphatic hydroxyl groups excluding tert-OH is 1. The number of carbonyl (C=O) groups excluding carboxylic acids is 2. The molecular weight excluding hydrogens is 805 g/mol. The summed E-state index contributed by atoms with van der Waals surface area (Å²) in [5, 5.41) is 17.4. The van der Waals surface area contributed by atoms with Gasteiger partial charge < -0.3 is 43.4 Å². The molecule has 7 atom stereocenters. The van der Waals surface area contributed by atoms with E-state index in [-0.39, 0.29) is 55.9 Å². The molecule has 16 nitrogen and oxygen atoms in total. The molecule has 1 amide bonds. The van der Waals surface area contributed by atoms with Crippen molar-refractivity contribution in [1.29, 1.82) is 0 Å². The van der Waals surface area contributed by atoms with Crippen LogP contribution in [-0.4, -0.2) is 107 Å². The summed E-state index contributed by atoms with van der Waals surface area (Å²) in [6.07, 6.45) is -2.57. The van der Waals surface area contributed by atoms with Crippen LogP contribution in [0.15, 0.2) is 83.8 Å². The van der Waals surface area contributed by atoms with Gasteiger partial charge in [0.15, 0.2) is 12.6 Å². The van der Waals surface area contributed by atoms with Gasteiger partial charge in [-0.05, 0) is 86.2 Å². The zero-order valence-corrected chi connectivity index (χ0v) is 35.8. The number of amides is 1. The Labute approximate surface area is 346 Å². The van der Waals surface area contributed by atoms with Gasteiger partial charge in [0.2, 0.25) is 10.0 Å². The van der Waals surface area contributed by atoms with E-state index in [1.165, 1.54) is 23.5 Å². The van der Waals surface area contributed by atoms with Crippen molar-refractivity contribution in [3.05, 3.63) is 84.4 Å². The number of sulfonamides is 1. The van der Waals surface area contributed by atoms with Crippen molar-refractivity contribution in [2.75, 3.05) is 46.4 Å². The highest BCUT2D eigenvalue weighted by Gasteiger charge is 2.44. The summed E-state index contributed by atoms with van der Waals surface area (Å²) in [6.45, 7) is 7.76. The Balaban J connectivity index is 1.33. The van der Waals surface area contributed by atoms with Gasteiger partial charge >= 0.3 is 19.6 Å². The average molecular weight is 862 g/mol. The van der Waals surface area contributed by atoms with Gasteiger partial charge in [0, 0.05) is 13.1 Å². The van der Waals surface area contributed by atoms with Crippen LogP contribution >= 0.6 is 7.52 Å². The average Bonchev–Trinajstić information content (AvgIpc) is 3.85. The first-order chi connectivity index (χ1) is 28.2. The van der Waals surface area contributed by atoms with Gasteiger partial charge in [-0.2, -0.15) is 4.31 Å². The van der Waals surface area contributed by atoms with Crippen LogP contribution in [0.5, 0.6) is 17.2 Å². The Bertz CT molecular complexity index is 1950. The maximum absolute atomic E-state index is 14.1. The van der Waals surface area contributed by atoms with Crippen LogP contribution < -0.4 is 24.4 Å². The number of hydrogen-bond donors (Lipinski definition) is 3. The molecule has 0 bridgehead atoms. The number of carbonyl (C=O) groups is 2. The van der Waals surface area contributed by atoms with Crippen LogP contribution in [0.25, 0.3) is 0 Å². The van der Waals surface area contributed by atoms with Gasteiger partial charge in [-0.15, -0.1) is 0 Å². The lowest BCUT2D eigenvalue weighted by Crippen LogP contribution is -2.51. The normalized spacial score (nSPS) is 20.2. The molecule has 59 heavy (non-hydrogen) atoms. The molecule has 0 aliphatic carbocycles. The second-order valence-corrected chi connectivity index (χ2v) is 18.7. The monoisotopic (exact) mass is 861 g/mol. The van der Waals surface area contributed by atoms with Gasteiger partial charge in [0.1, 0.15) is 29.4 Å². The fourth-order valence-electron chi connectivity index (χ4n) is 6.73. The number of benzene rings is 3. The number of nitrogens with zero attached hydrogens (tertiary/aromatic N) is 1. The fourth-order valence-corrected chi connectivity index (χ4v) is 10.1. The highest BCUT2D eigenvalue weighted by molar-refractivity contribution is 7.89. The molecule has 2 saturated heterocycles. The number of fused-ring (bicyclic) bond motifs is 1. The SMILES string of the molecule is CCOC(=O)[C@H](CC)NP(=O)(COc1ccc(C[C@H](NC(=O)O[C@H]2CO[C@H]3OCC[C@H]32)[C@H](O)CN(CC(C)C)S(=O)(=O)c2ccc(OC)cc2)cc1)Oc1ccccc1. The molecule has 3 aromatic carbocycles. The number of rotatable bonds is 22. The molecule has 2 fully saturated rings.